The van der Waals surface area contributed by atoms with E-state index in [-0.39, 0.29) is 19.0 Å². The fourth-order valence-electron chi connectivity index (χ4n) is 4.88. The Kier molecular flexibility index (Phi) is 5.69. The Morgan fingerprint density at radius 1 is 1.09 bits per heavy atom. The number of nitrogens with zero attached hydrogens (tertiary/aromatic N) is 2. The lowest BCUT2D eigenvalue weighted by Gasteiger charge is -2.28. The summed E-state index contributed by atoms with van der Waals surface area (Å²) in [5, 5.41) is 4.71. The molecule has 7 nitrogen and oxygen atoms in total. The van der Waals surface area contributed by atoms with E-state index in [0.29, 0.717) is 11.3 Å². The number of allylic oxidation sites excluding steroid dienone is 2. The first-order valence-electron chi connectivity index (χ1n) is 11.6. The molecule has 0 radical (unpaired) electrons. The second-order valence-corrected chi connectivity index (χ2v) is 8.97. The Morgan fingerprint density at radius 3 is 2.68 bits per heavy atom. The van der Waals surface area contributed by atoms with Gasteiger partial charge in [-0.1, -0.05) is 48.5 Å². The van der Waals surface area contributed by atoms with E-state index in [1.165, 1.54) is 0 Å². The lowest BCUT2D eigenvalue weighted by molar-refractivity contribution is -0.138. The summed E-state index contributed by atoms with van der Waals surface area (Å²) in [6.07, 6.45) is 7.40. The molecule has 1 aliphatic heterocycles. The molecule has 0 spiro atoms. The van der Waals surface area contributed by atoms with Crippen LogP contribution in [0.25, 0.3) is 10.8 Å². The molecule has 0 bridgehead atoms. The number of amides is 4. The number of carbonyl (C=O) groups is 3. The van der Waals surface area contributed by atoms with Crippen LogP contribution in [0.4, 0.5) is 4.79 Å². The molecule has 7 heteroatoms. The molecule has 3 aromatic rings. The number of urea groups is 1. The van der Waals surface area contributed by atoms with Crippen molar-refractivity contribution in [3.8, 4) is 0 Å². The van der Waals surface area contributed by atoms with Crippen LogP contribution in [0.2, 0.25) is 0 Å². The van der Waals surface area contributed by atoms with Crippen molar-refractivity contribution >= 4 is 28.6 Å². The van der Waals surface area contributed by atoms with Crippen LogP contribution in [0.3, 0.4) is 0 Å². The van der Waals surface area contributed by atoms with Crippen LogP contribution in [0.15, 0.2) is 77.1 Å². The molecule has 1 aliphatic carbocycles. The third kappa shape index (κ3) is 3.87. The van der Waals surface area contributed by atoms with Gasteiger partial charge in [0.25, 0.3) is 5.91 Å². The fraction of sp³-hybridized carbons (Fsp3) is 0.296. The summed E-state index contributed by atoms with van der Waals surface area (Å²) in [4.78, 5) is 42.6. The van der Waals surface area contributed by atoms with E-state index in [9.17, 15) is 14.4 Å². The minimum absolute atomic E-state index is 0.266. The predicted octanol–water partition coefficient (Wildman–Crippen LogP) is 4.69. The van der Waals surface area contributed by atoms with Crippen LogP contribution < -0.4 is 5.32 Å². The molecule has 34 heavy (non-hydrogen) atoms. The Balaban J connectivity index is 1.42. The van der Waals surface area contributed by atoms with Crippen molar-refractivity contribution < 1.29 is 18.8 Å². The molecule has 1 unspecified atom stereocenters. The largest absolute Gasteiger partial charge is 0.467 e. The van der Waals surface area contributed by atoms with Gasteiger partial charge in [0.2, 0.25) is 5.91 Å². The molecule has 2 heterocycles. The van der Waals surface area contributed by atoms with Crippen molar-refractivity contribution in [3.63, 3.8) is 0 Å². The summed E-state index contributed by atoms with van der Waals surface area (Å²) in [5.41, 5.74) is 0.367. The van der Waals surface area contributed by atoms with E-state index in [1.54, 1.807) is 24.2 Å². The number of fused-ring (bicyclic) bond motifs is 1. The molecule has 174 valence electrons. The Morgan fingerprint density at radius 2 is 1.91 bits per heavy atom. The second-order valence-electron chi connectivity index (χ2n) is 8.97. The van der Waals surface area contributed by atoms with Gasteiger partial charge in [0.05, 0.1) is 12.8 Å². The second kappa shape index (κ2) is 8.82. The number of hydrogen-bond donors (Lipinski definition) is 1. The highest BCUT2D eigenvalue weighted by molar-refractivity contribution is 6.10. The van der Waals surface area contributed by atoms with Crippen molar-refractivity contribution in [3.05, 3.63) is 84.0 Å². The highest BCUT2D eigenvalue weighted by Gasteiger charge is 2.50. The van der Waals surface area contributed by atoms with Crippen molar-refractivity contribution in [2.45, 2.75) is 44.7 Å². The molecule has 5 rings (SSSR count). The van der Waals surface area contributed by atoms with Gasteiger partial charge in [0, 0.05) is 5.70 Å². The molecule has 1 atom stereocenters. The average Bonchev–Trinajstić information content (AvgIpc) is 3.45. The monoisotopic (exact) mass is 457 g/mol. The maximum Gasteiger partial charge on any atom is 0.325 e. The highest BCUT2D eigenvalue weighted by Crippen LogP contribution is 2.34. The zero-order valence-corrected chi connectivity index (χ0v) is 19.1. The third-order valence-electron chi connectivity index (χ3n) is 6.71. The number of furan rings is 1. The van der Waals surface area contributed by atoms with E-state index in [4.69, 9.17) is 4.42 Å². The molecule has 2 aromatic carbocycles. The quantitative estimate of drug-likeness (QED) is 0.545. The highest BCUT2D eigenvalue weighted by atomic mass is 16.3. The SMILES string of the molecule is CC1(c2cccc3ccccc23)NC(=O)N(CC(=O)N(Cc2ccco2)C2=CCCCC2)C1=O. The topological polar surface area (TPSA) is 82.9 Å². The van der Waals surface area contributed by atoms with Gasteiger partial charge in [-0.05, 0) is 61.1 Å². The first kappa shape index (κ1) is 21.9. The summed E-state index contributed by atoms with van der Waals surface area (Å²) in [6, 6.07) is 16.5. The van der Waals surface area contributed by atoms with E-state index in [1.807, 2.05) is 48.5 Å². The van der Waals surface area contributed by atoms with Gasteiger partial charge in [-0.3, -0.25) is 14.5 Å². The summed E-state index contributed by atoms with van der Waals surface area (Å²) in [6.45, 7) is 1.63. The van der Waals surface area contributed by atoms with Crippen LogP contribution in [-0.2, 0) is 21.7 Å². The maximum absolute atomic E-state index is 13.6. The minimum atomic E-state index is -1.26. The van der Waals surface area contributed by atoms with E-state index >= 15 is 0 Å². The minimum Gasteiger partial charge on any atom is -0.467 e. The van der Waals surface area contributed by atoms with Gasteiger partial charge >= 0.3 is 6.03 Å². The number of imide groups is 1. The van der Waals surface area contributed by atoms with Crippen LogP contribution in [-0.4, -0.2) is 34.2 Å². The van der Waals surface area contributed by atoms with Crippen LogP contribution in [0.5, 0.6) is 0 Å². The van der Waals surface area contributed by atoms with Gasteiger partial charge in [0.1, 0.15) is 17.8 Å². The summed E-state index contributed by atoms with van der Waals surface area (Å²) in [7, 11) is 0. The number of rotatable bonds is 6. The van der Waals surface area contributed by atoms with E-state index in [0.717, 1.165) is 47.1 Å². The number of hydrogen-bond acceptors (Lipinski definition) is 4. The van der Waals surface area contributed by atoms with Crippen LogP contribution >= 0.6 is 0 Å². The lowest BCUT2D eigenvalue weighted by atomic mass is 9.88. The maximum atomic E-state index is 13.6. The van der Waals surface area contributed by atoms with Gasteiger partial charge in [-0.25, -0.2) is 4.79 Å². The number of benzene rings is 2. The summed E-state index contributed by atoms with van der Waals surface area (Å²) < 4.78 is 5.47. The normalized spacial score (nSPS) is 20.4. The third-order valence-corrected chi connectivity index (χ3v) is 6.71. The van der Waals surface area contributed by atoms with Crippen molar-refractivity contribution in [2.75, 3.05) is 6.54 Å². The lowest BCUT2D eigenvalue weighted by Crippen LogP contribution is -2.44. The molecule has 4 amide bonds. The van der Waals surface area contributed by atoms with E-state index in [2.05, 4.69) is 11.4 Å². The van der Waals surface area contributed by atoms with Crippen LogP contribution in [0, 0.1) is 0 Å². The molecule has 2 aliphatic rings. The molecule has 0 saturated carbocycles. The zero-order valence-electron chi connectivity index (χ0n) is 19.1. The fourth-order valence-corrected chi connectivity index (χ4v) is 4.88. The van der Waals surface area contributed by atoms with Crippen molar-refractivity contribution in [2.24, 2.45) is 0 Å². The Labute approximate surface area is 198 Å². The average molecular weight is 458 g/mol. The molecule has 1 fully saturated rings. The Hall–Kier alpha value is -3.87. The zero-order chi connectivity index (χ0) is 23.7. The van der Waals surface area contributed by atoms with Crippen molar-refractivity contribution in [1.82, 2.24) is 15.1 Å². The Bertz CT molecular complexity index is 1270. The predicted molar refractivity (Wildman–Crippen MR) is 127 cm³/mol. The molecule has 1 saturated heterocycles. The number of nitrogens with one attached hydrogen (secondary N) is 1. The molecule has 1 aromatic heterocycles. The smallest absolute Gasteiger partial charge is 0.325 e. The van der Waals surface area contributed by atoms with Gasteiger partial charge in [-0.15, -0.1) is 0 Å². The van der Waals surface area contributed by atoms with Crippen molar-refractivity contribution in [1.29, 1.82) is 0 Å². The summed E-state index contributed by atoms with van der Waals surface area (Å²) >= 11 is 0. The van der Waals surface area contributed by atoms with Gasteiger partial charge in [-0.2, -0.15) is 0 Å². The molecular formula is C27H27N3O4. The summed E-state index contributed by atoms with van der Waals surface area (Å²) in [5.74, 6) is -0.0920. The van der Waals surface area contributed by atoms with Gasteiger partial charge in [0.15, 0.2) is 0 Å². The molecular weight excluding hydrogens is 430 g/mol. The molecule has 1 N–H and O–H groups in total. The first-order valence-corrected chi connectivity index (χ1v) is 11.6. The van der Waals surface area contributed by atoms with Gasteiger partial charge < -0.3 is 14.6 Å². The van der Waals surface area contributed by atoms with E-state index < -0.39 is 17.5 Å². The first-order chi connectivity index (χ1) is 16.5. The van der Waals surface area contributed by atoms with Crippen LogP contribution in [0.1, 0.15) is 43.9 Å². The standard InChI is InChI=1S/C27H27N3O4/c1-27(23-15-7-10-19-9-5-6-14-22(19)23)25(32)30(26(33)28-27)18-24(31)29(17-21-13-8-16-34-21)20-11-3-2-4-12-20/h5-11,13-16H,2-4,12,17-18H2,1H3,(H,28,33). The number of carbonyl (C=O) groups excluding carboxylic acids is 3.